The monoisotopic (exact) mass is 2150 g/mol. The zero-order valence-electron chi connectivity index (χ0n) is 79.5. The second-order valence-corrected chi connectivity index (χ2v) is 39.2. The Morgan fingerprint density at radius 2 is 0.886 bits per heavy atom. The van der Waals surface area contributed by atoms with Crippen LogP contribution in [0.25, 0.3) is 192 Å². The van der Waals surface area contributed by atoms with Gasteiger partial charge in [0.25, 0.3) is 0 Å². The smallest absolute Gasteiger partial charge is 0.429 e. The fraction of sp³-hybridized carbons (Fsp3) is 0.0244. The molecule has 710 valence electrons. The first-order valence-electron chi connectivity index (χ1n) is 47.3. The van der Waals surface area contributed by atoms with Crippen LogP contribution in [0, 0.1) is 42.6 Å². The van der Waals surface area contributed by atoms with Gasteiger partial charge in [0.1, 0.15) is 46.2 Å². The van der Waals surface area contributed by atoms with Crippen LogP contribution in [0.1, 0.15) is 0 Å². The first-order chi connectivity index (χ1) is 71.6. The molecule has 28 aromatic rings. The van der Waals surface area contributed by atoms with E-state index in [0.29, 0.717) is 0 Å². The van der Waals surface area contributed by atoms with E-state index in [9.17, 15) is 0 Å². The van der Waals surface area contributed by atoms with Gasteiger partial charge in [-0.05, 0) is 131 Å². The maximum absolute atomic E-state index is 5.32. The molecular formula is C123H77Mn4N18S4+. The van der Waals surface area contributed by atoms with Gasteiger partial charge in [-0.2, -0.15) is 71.4 Å². The number of pyridine rings is 8. The molecule has 0 N–H and O–H groups in total. The summed E-state index contributed by atoms with van der Waals surface area (Å²) in [4.78, 5) is 50.0. The van der Waals surface area contributed by atoms with Crippen LogP contribution in [-0.2, 0) is 82.4 Å². The number of aryl methyl sites for hydroxylation is 2. The van der Waals surface area contributed by atoms with Crippen molar-refractivity contribution < 1.29 is 72.8 Å². The summed E-state index contributed by atoms with van der Waals surface area (Å²) in [7, 11) is 6.26. The predicted molar refractivity (Wildman–Crippen MR) is 590 cm³/mol. The maximum atomic E-state index is 5.32. The summed E-state index contributed by atoms with van der Waals surface area (Å²) in [5, 5.41) is 17.6. The number of anilines is 8. The number of para-hydroxylation sites is 8. The normalized spacial score (nSPS) is 11.8. The molecule has 26 heteroatoms. The van der Waals surface area contributed by atoms with E-state index in [1.807, 2.05) is 155 Å². The van der Waals surface area contributed by atoms with Crippen molar-refractivity contribution in [1.29, 1.82) is 0 Å². The number of hydrogen-bond donors (Lipinski definition) is 0. The summed E-state index contributed by atoms with van der Waals surface area (Å²) >= 11 is 6.91. The molecule has 2 aliphatic heterocycles. The van der Waals surface area contributed by atoms with Gasteiger partial charge in [0.15, 0.2) is 17.3 Å². The Kier molecular flexibility index (Phi) is 26.3. The zero-order valence-corrected chi connectivity index (χ0v) is 87.4. The van der Waals surface area contributed by atoms with Crippen molar-refractivity contribution in [1.82, 2.24) is 67.3 Å². The van der Waals surface area contributed by atoms with Gasteiger partial charge in [-0.25, -0.2) is 58.9 Å². The summed E-state index contributed by atoms with van der Waals surface area (Å²) in [5.74, 6) is 7.54. The Morgan fingerprint density at radius 1 is 0.342 bits per heavy atom. The molecule has 0 spiro atoms. The van der Waals surface area contributed by atoms with Crippen LogP contribution >= 0.6 is 45.8 Å². The predicted octanol–water partition coefficient (Wildman–Crippen LogP) is 29.9. The number of aromatic nitrogens is 15. The van der Waals surface area contributed by atoms with Gasteiger partial charge in [-0.15, -0.1) is 124 Å². The van der Waals surface area contributed by atoms with Crippen molar-refractivity contribution in [3.8, 4) is 85.4 Å². The Morgan fingerprint density at radius 3 is 1.61 bits per heavy atom. The van der Waals surface area contributed by atoms with Crippen molar-refractivity contribution >= 4 is 199 Å². The molecule has 4 radical (unpaired) electrons. The minimum Gasteiger partial charge on any atom is -0.429 e. The summed E-state index contributed by atoms with van der Waals surface area (Å²) in [5.41, 5.74) is 22.3. The van der Waals surface area contributed by atoms with E-state index in [4.69, 9.17) is 39.9 Å². The third-order valence-corrected chi connectivity index (χ3v) is 30.7. The van der Waals surface area contributed by atoms with Crippen molar-refractivity contribution in [2.75, 3.05) is 21.7 Å². The molecule has 0 atom stereocenters. The fourth-order valence-corrected chi connectivity index (χ4v) is 23.6. The van der Waals surface area contributed by atoms with E-state index in [1.54, 1.807) is 45.8 Å². The molecular weight excluding hydrogens is 2080 g/mol. The summed E-state index contributed by atoms with van der Waals surface area (Å²) in [6.45, 7) is 0. The molecule has 30 rings (SSSR count). The number of rotatable bonds is 12. The average molecular weight is 2160 g/mol. The first-order valence-corrected chi connectivity index (χ1v) is 50.8. The van der Waals surface area contributed by atoms with Crippen LogP contribution < -0.4 is 19.3 Å². The summed E-state index contributed by atoms with van der Waals surface area (Å²) in [6, 6.07) is 146. The molecule has 10 aromatic carbocycles. The summed E-state index contributed by atoms with van der Waals surface area (Å²) in [6.07, 6.45) is 11.7. The van der Waals surface area contributed by atoms with E-state index >= 15 is 0 Å². The van der Waals surface area contributed by atoms with Gasteiger partial charge in [-0.1, -0.05) is 224 Å². The first kappa shape index (κ1) is 96.4. The number of fused-ring (bicyclic) bond motifs is 16. The van der Waals surface area contributed by atoms with Gasteiger partial charge in [0.05, 0.1) is 58.6 Å². The van der Waals surface area contributed by atoms with Gasteiger partial charge >= 0.3 is 68.3 Å². The zero-order chi connectivity index (χ0) is 96.3. The molecule has 0 saturated heterocycles. The Hall–Kier alpha value is -16.1. The van der Waals surface area contributed by atoms with Gasteiger partial charge in [0.2, 0.25) is 0 Å². The Bertz CT molecular complexity index is 9920. The largest absolute Gasteiger partial charge is 2.00 e. The molecule has 149 heavy (non-hydrogen) atoms. The van der Waals surface area contributed by atoms with E-state index in [2.05, 4.69) is 366 Å². The van der Waals surface area contributed by atoms with Crippen LogP contribution in [0.2, 0.25) is 0 Å². The number of nitrogens with zero attached hydrogens (tertiary/aromatic N) is 18. The standard InChI is InChI=1S/C33H25N6S.C32H19N5.C30H18N4S.C28H15N3S2.4Mn/c1-36-18-16-23-24(20-37(2)33(23)36)26-14-15-29-32(35-26)39(28-11-5-4-10-27(28)38(29)3)31-13-7-9-25(34-31)21-8-6-12-30-22(21)17-19-40-30;1-4-11-26-22(8-1)18-20-35(26)29-14-7-15-31(33-29)37-28-13-6-3-10-24(28)25-16-17-30(34-32(25)37)36-21-19-23-9-2-5-12-27(23)36;1-2-9-21(10-3-1)23-12-8-16-29(31-23)34-25-14-6-7-15-26(25)35-27-17-18-28(32-30(27)34)33-20-19-22-11-4-5-13-24(22)33;1-2-7-18(8-3-1)23-14-13-20-19-9-4-5-11-25(19)31(27(20)30-23)26-12-6-10-24(29-26)22-17-33-28-21(22)15-16-32-28;;;;/h4-16,18-20H,1-3H3;1-10,12-20H;1-9,11-12,14-20H;1-7,9-14,16-17H;;;;/q-1;3*-2;4*+2. The quantitative estimate of drug-likeness (QED) is 0.0652. The molecule has 2 aliphatic rings. The third-order valence-electron chi connectivity index (χ3n) is 26.7. The molecule has 0 amide bonds. The molecule has 18 nitrogen and oxygen atoms in total. The third kappa shape index (κ3) is 17.2. The van der Waals surface area contributed by atoms with Crippen LogP contribution in [0.15, 0.2) is 421 Å². The van der Waals surface area contributed by atoms with Crippen molar-refractivity contribution in [2.24, 2.45) is 14.1 Å². The van der Waals surface area contributed by atoms with Crippen LogP contribution in [0.3, 0.4) is 0 Å². The van der Waals surface area contributed by atoms with E-state index in [1.165, 1.54) is 30.0 Å². The van der Waals surface area contributed by atoms with Crippen molar-refractivity contribution in [2.45, 2.75) is 9.79 Å². The molecule has 0 unspecified atom stereocenters. The van der Waals surface area contributed by atoms with Crippen LogP contribution in [0.4, 0.5) is 46.0 Å². The molecule has 0 aliphatic carbocycles. The van der Waals surface area contributed by atoms with E-state index < -0.39 is 0 Å². The SMILES string of the molecule is CN1c2ccccc2N(c2cccc(-c3cccc4sc[c-]c34)n2)c2nc(-c3cn(C)c4c3[cH-]c[n+]4C)ccc21.[Mn+2].[Mn+2].[Mn+2].[Mn+2].[c-]1cccc2ccn(-c3cccc(-n4c5ccccc5c5ccc(-n6[c-]cc7ccccc76)nc54)n3)c12.[c-]1ccccc1-c1ccc2c3ccccc3n(-c3cccc(-c4csc5sc[c-]c45)n3)c2n1.[c-]1ccccc1-c1cccc(N2c3ccccc3Sc3ccc(-n4ccc5ccc[c-]c54)nc32)n1. The van der Waals surface area contributed by atoms with Crippen molar-refractivity contribution in [3.63, 3.8) is 0 Å². The molecule has 18 aromatic heterocycles. The van der Waals surface area contributed by atoms with Crippen LogP contribution in [-0.4, -0.2) is 74.3 Å². The topological polar surface area (TPSA) is 146 Å². The molecule has 0 bridgehead atoms. The number of thiophene rings is 3. The second kappa shape index (κ2) is 40.6. The fourth-order valence-electron chi connectivity index (χ4n) is 20.1. The van der Waals surface area contributed by atoms with Gasteiger partial charge in [-0.3, -0.25) is 33.9 Å². The number of benzene rings is 10. The van der Waals surface area contributed by atoms with E-state index in [-0.39, 0.29) is 68.3 Å². The maximum Gasteiger partial charge on any atom is 2.00 e. The Balaban J connectivity index is 0.000000108. The van der Waals surface area contributed by atoms with E-state index in [0.717, 1.165) is 218 Å². The van der Waals surface area contributed by atoms with Gasteiger partial charge in [0, 0.05) is 63.0 Å². The average Bonchev–Trinajstić information content (AvgIpc) is 1.73. The molecule has 20 heterocycles. The Labute approximate surface area is 915 Å². The summed E-state index contributed by atoms with van der Waals surface area (Å²) < 4.78 is 17.3. The number of hydrogen-bond acceptors (Lipinski definition) is 15. The van der Waals surface area contributed by atoms with Gasteiger partial charge < -0.3 is 27.7 Å². The minimum atomic E-state index is 0. The molecule has 0 saturated carbocycles. The van der Waals surface area contributed by atoms with Crippen molar-refractivity contribution in [3.05, 3.63) is 454 Å². The minimum absolute atomic E-state index is 0. The molecule has 0 fully saturated rings. The second-order valence-electron chi connectivity index (χ2n) is 35.2. The van der Waals surface area contributed by atoms with Crippen LogP contribution in [0.5, 0.6) is 0 Å².